The van der Waals surface area contributed by atoms with Crippen LogP contribution >= 0.6 is 11.6 Å². The second kappa shape index (κ2) is 8.52. The van der Waals surface area contributed by atoms with Crippen molar-refractivity contribution < 1.29 is 26.7 Å². The lowest BCUT2D eigenvalue weighted by Crippen LogP contribution is -2.14. The number of hydrogen-bond donors (Lipinski definition) is 1. The molecule has 0 radical (unpaired) electrons. The monoisotopic (exact) mass is 451 g/mol. The number of methoxy groups -OCH3 is 1. The molecule has 1 N–H and O–H groups in total. The van der Waals surface area contributed by atoms with Gasteiger partial charge >= 0.3 is 0 Å². The summed E-state index contributed by atoms with van der Waals surface area (Å²) in [6, 6.07) is 9.86. The van der Waals surface area contributed by atoms with Crippen molar-refractivity contribution in [1.82, 2.24) is 4.98 Å². The fraction of sp³-hybridized carbons (Fsp3) is 0.0526. The lowest BCUT2D eigenvalue weighted by molar-refractivity contribution is 0.382. The summed E-state index contributed by atoms with van der Waals surface area (Å²) in [4.78, 5) is 3.38. The third kappa shape index (κ3) is 4.42. The molecular formula is C19H12ClF2N3O4S. The van der Waals surface area contributed by atoms with Gasteiger partial charge in [0, 0.05) is 0 Å². The van der Waals surface area contributed by atoms with Crippen LogP contribution in [0.15, 0.2) is 53.6 Å². The van der Waals surface area contributed by atoms with Crippen LogP contribution in [0.4, 0.5) is 14.6 Å². The Balaban J connectivity index is 1.92. The zero-order valence-electron chi connectivity index (χ0n) is 15.2. The highest BCUT2D eigenvalue weighted by molar-refractivity contribution is 7.92. The minimum atomic E-state index is -4.11. The van der Waals surface area contributed by atoms with Crippen LogP contribution in [-0.4, -0.2) is 20.5 Å². The van der Waals surface area contributed by atoms with Crippen molar-refractivity contribution in [3.63, 3.8) is 0 Å². The van der Waals surface area contributed by atoms with Gasteiger partial charge in [0.25, 0.3) is 10.0 Å². The number of aromatic nitrogens is 1. The normalized spacial score (nSPS) is 10.9. The largest absolute Gasteiger partial charge is 0.492 e. The number of halogens is 3. The van der Waals surface area contributed by atoms with Crippen LogP contribution in [0.5, 0.6) is 17.2 Å². The quantitative estimate of drug-likeness (QED) is 0.592. The van der Waals surface area contributed by atoms with Gasteiger partial charge in [0.15, 0.2) is 11.6 Å². The summed E-state index contributed by atoms with van der Waals surface area (Å²) < 4.78 is 64.3. The molecule has 1 aromatic heterocycles. The number of sulfonamides is 1. The fourth-order valence-electron chi connectivity index (χ4n) is 2.38. The summed E-state index contributed by atoms with van der Waals surface area (Å²) in [7, 11) is -2.88. The van der Waals surface area contributed by atoms with Gasteiger partial charge in [-0.15, -0.1) is 0 Å². The first-order valence-electron chi connectivity index (χ1n) is 8.13. The van der Waals surface area contributed by atoms with Crippen molar-refractivity contribution in [1.29, 1.82) is 5.26 Å². The maximum Gasteiger partial charge on any atom is 0.263 e. The molecule has 0 unspecified atom stereocenters. The second-order valence-electron chi connectivity index (χ2n) is 5.73. The molecular weight excluding hydrogens is 440 g/mol. The third-order valence-corrected chi connectivity index (χ3v) is 5.50. The SMILES string of the molecule is COc1c(F)ccc(Oc2ccc(S(=O)(=O)Nc3ccc(F)cn3)cc2C#N)c1Cl. The number of hydrogen-bond acceptors (Lipinski definition) is 6. The van der Waals surface area contributed by atoms with Crippen molar-refractivity contribution in [3.8, 4) is 23.3 Å². The molecule has 0 atom stereocenters. The van der Waals surface area contributed by atoms with E-state index >= 15 is 0 Å². The molecule has 154 valence electrons. The first-order chi connectivity index (χ1) is 14.2. The number of anilines is 1. The first kappa shape index (κ1) is 21.3. The predicted octanol–water partition coefficient (Wildman–Crippen LogP) is 4.49. The van der Waals surface area contributed by atoms with Gasteiger partial charge in [0.05, 0.1) is 23.8 Å². The number of ether oxygens (including phenoxy) is 2. The Kier molecular flexibility index (Phi) is 6.05. The van der Waals surface area contributed by atoms with E-state index in [1.807, 2.05) is 6.07 Å². The van der Waals surface area contributed by atoms with Crippen LogP contribution < -0.4 is 14.2 Å². The summed E-state index contributed by atoms with van der Waals surface area (Å²) in [5, 5.41) is 9.25. The predicted molar refractivity (Wildman–Crippen MR) is 104 cm³/mol. The first-order valence-corrected chi connectivity index (χ1v) is 9.99. The van der Waals surface area contributed by atoms with Crippen molar-refractivity contribution >= 4 is 27.4 Å². The van der Waals surface area contributed by atoms with Crippen LogP contribution in [0.2, 0.25) is 5.02 Å². The molecule has 3 aromatic rings. The van der Waals surface area contributed by atoms with Gasteiger partial charge in [-0.3, -0.25) is 4.72 Å². The molecule has 3 rings (SSSR count). The number of nitrogens with zero attached hydrogens (tertiary/aromatic N) is 2. The van der Waals surface area contributed by atoms with E-state index in [9.17, 15) is 22.5 Å². The van der Waals surface area contributed by atoms with Crippen LogP contribution in [0.1, 0.15) is 5.56 Å². The van der Waals surface area contributed by atoms with E-state index in [4.69, 9.17) is 21.1 Å². The number of nitriles is 1. The van der Waals surface area contributed by atoms with Crippen molar-refractivity contribution in [3.05, 3.63) is 70.9 Å². The molecule has 0 aliphatic rings. The average Bonchev–Trinajstić information content (AvgIpc) is 2.72. The van der Waals surface area contributed by atoms with Gasteiger partial charge in [0.2, 0.25) is 0 Å². The molecule has 7 nitrogen and oxygen atoms in total. The lowest BCUT2D eigenvalue weighted by Gasteiger charge is -2.13. The Morgan fingerprint density at radius 3 is 2.50 bits per heavy atom. The van der Waals surface area contributed by atoms with Gasteiger partial charge in [0.1, 0.15) is 34.2 Å². The highest BCUT2D eigenvalue weighted by atomic mass is 35.5. The zero-order chi connectivity index (χ0) is 21.9. The van der Waals surface area contributed by atoms with E-state index in [-0.39, 0.29) is 38.5 Å². The molecule has 0 saturated heterocycles. The minimum Gasteiger partial charge on any atom is -0.492 e. The highest BCUT2D eigenvalue weighted by Gasteiger charge is 2.20. The number of rotatable bonds is 6. The Bertz CT molecular complexity index is 1250. The highest BCUT2D eigenvalue weighted by Crippen LogP contribution is 2.39. The number of nitrogens with one attached hydrogen (secondary N) is 1. The average molecular weight is 452 g/mol. The summed E-state index contributed by atoms with van der Waals surface area (Å²) in [6.45, 7) is 0. The van der Waals surface area contributed by atoms with E-state index in [2.05, 4.69) is 9.71 Å². The van der Waals surface area contributed by atoms with E-state index in [0.29, 0.717) is 0 Å². The second-order valence-corrected chi connectivity index (χ2v) is 7.79. The third-order valence-electron chi connectivity index (χ3n) is 3.79. The molecule has 0 spiro atoms. The van der Waals surface area contributed by atoms with Gasteiger partial charge in [-0.05, 0) is 42.5 Å². The Morgan fingerprint density at radius 2 is 1.87 bits per heavy atom. The summed E-state index contributed by atoms with van der Waals surface area (Å²) in [6.07, 6.45) is 0.857. The molecule has 11 heteroatoms. The Hall–Kier alpha value is -3.42. The molecule has 0 aliphatic carbocycles. The lowest BCUT2D eigenvalue weighted by atomic mass is 10.2. The maximum atomic E-state index is 13.7. The van der Waals surface area contributed by atoms with Gasteiger partial charge < -0.3 is 9.47 Å². The standard InChI is InChI=1S/C19H12ClF2N3O4S/c1-28-19-14(22)4-6-16(18(19)20)29-15-5-3-13(8-11(15)9-23)30(26,27)25-17-7-2-12(21)10-24-17/h2-8,10H,1H3,(H,24,25). The molecule has 1 heterocycles. The van der Waals surface area contributed by atoms with Crippen LogP contribution in [0.3, 0.4) is 0 Å². The fourth-order valence-corrected chi connectivity index (χ4v) is 3.69. The maximum absolute atomic E-state index is 13.7. The van der Waals surface area contributed by atoms with Crippen molar-refractivity contribution in [2.75, 3.05) is 11.8 Å². The van der Waals surface area contributed by atoms with Crippen molar-refractivity contribution in [2.45, 2.75) is 4.90 Å². The summed E-state index contributed by atoms with van der Waals surface area (Å²) >= 11 is 6.05. The summed E-state index contributed by atoms with van der Waals surface area (Å²) in [5.41, 5.74) is -0.121. The molecule has 2 aromatic carbocycles. The molecule has 0 fully saturated rings. The number of pyridine rings is 1. The van der Waals surface area contributed by atoms with E-state index in [1.54, 1.807) is 0 Å². The van der Waals surface area contributed by atoms with Crippen LogP contribution in [0.25, 0.3) is 0 Å². The van der Waals surface area contributed by atoms with E-state index in [0.717, 1.165) is 30.5 Å². The van der Waals surface area contributed by atoms with Crippen LogP contribution in [-0.2, 0) is 10.0 Å². The Labute approximate surface area is 175 Å². The molecule has 30 heavy (non-hydrogen) atoms. The zero-order valence-corrected chi connectivity index (χ0v) is 16.8. The van der Waals surface area contributed by atoms with E-state index in [1.165, 1.54) is 25.3 Å². The van der Waals surface area contributed by atoms with Gasteiger partial charge in [-0.2, -0.15) is 5.26 Å². The molecule has 0 saturated carbocycles. The van der Waals surface area contributed by atoms with Crippen LogP contribution in [0, 0.1) is 23.0 Å². The smallest absolute Gasteiger partial charge is 0.263 e. The number of benzene rings is 2. The molecule has 0 aliphatic heterocycles. The molecule has 0 amide bonds. The minimum absolute atomic E-state index is 0.00748. The van der Waals surface area contributed by atoms with Gasteiger partial charge in [-0.25, -0.2) is 22.2 Å². The van der Waals surface area contributed by atoms with E-state index < -0.39 is 21.7 Å². The van der Waals surface area contributed by atoms with Gasteiger partial charge in [-0.1, -0.05) is 11.6 Å². The molecule has 0 bridgehead atoms. The Morgan fingerprint density at radius 1 is 1.13 bits per heavy atom. The van der Waals surface area contributed by atoms with Crippen molar-refractivity contribution in [2.24, 2.45) is 0 Å². The summed E-state index contributed by atoms with van der Waals surface area (Å²) in [5.74, 6) is -1.65. The topological polar surface area (TPSA) is 101 Å².